The number of carbonyl (C=O) groups excluding carboxylic acids is 1. The molecule has 1 aromatic rings. The molecule has 0 aromatic carbocycles. The number of hydrogen-bond donors (Lipinski definition) is 3. The number of aryl methyl sites for hydroxylation is 1. The third-order valence-corrected chi connectivity index (χ3v) is 4.26. The third-order valence-electron chi connectivity index (χ3n) is 4.26. The van der Waals surface area contributed by atoms with Crippen LogP contribution < -0.4 is 11.1 Å². The second-order valence-electron chi connectivity index (χ2n) is 5.47. The Balaban J connectivity index is 1.99. The first-order valence-corrected chi connectivity index (χ1v) is 6.78. The van der Waals surface area contributed by atoms with Gasteiger partial charge in [0, 0.05) is 12.1 Å². The molecular formula is C13H23N5O. The molecule has 4 N–H and O–H groups in total. The summed E-state index contributed by atoms with van der Waals surface area (Å²) >= 11 is 0. The summed E-state index contributed by atoms with van der Waals surface area (Å²) < 4.78 is 0. The van der Waals surface area contributed by atoms with E-state index in [0.717, 1.165) is 25.0 Å². The van der Waals surface area contributed by atoms with E-state index in [0.29, 0.717) is 17.9 Å². The van der Waals surface area contributed by atoms with Gasteiger partial charge in [0.1, 0.15) is 0 Å². The Hall–Kier alpha value is -1.56. The third kappa shape index (κ3) is 2.45. The van der Waals surface area contributed by atoms with E-state index < -0.39 is 0 Å². The van der Waals surface area contributed by atoms with E-state index in [9.17, 15) is 4.79 Å². The van der Waals surface area contributed by atoms with Gasteiger partial charge in [0.2, 0.25) is 0 Å². The summed E-state index contributed by atoms with van der Waals surface area (Å²) in [5.41, 5.74) is 7.59. The zero-order chi connectivity index (χ0) is 14.0. The first-order valence-electron chi connectivity index (χ1n) is 6.78. The lowest BCUT2D eigenvalue weighted by atomic mass is 9.75. The minimum Gasteiger partial charge on any atom is -0.395 e. The number of nitrogens with one attached hydrogen (secondary N) is 2. The normalized spacial score (nSPS) is 17.3. The SMILES string of the molecule is CCc1[nH]nc(C(=O)NCC2(N(C)C)CCC2)c1N. The summed E-state index contributed by atoms with van der Waals surface area (Å²) in [6.07, 6.45) is 4.21. The Morgan fingerprint density at radius 3 is 2.63 bits per heavy atom. The Morgan fingerprint density at radius 2 is 2.21 bits per heavy atom. The highest BCUT2D eigenvalue weighted by Gasteiger charge is 2.39. The Kier molecular flexibility index (Phi) is 3.80. The van der Waals surface area contributed by atoms with Crippen molar-refractivity contribution in [3.8, 4) is 0 Å². The molecule has 0 bridgehead atoms. The molecule has 6 heteroatoms. The van der Waals surface area contributed by atoms with Crippen molar-refractivity contribution in [3.05, 3.63) is 11.4 Å². The van der Waals surface area contributed by atoms with Crippen LogP contribution in [0.4, 0.5) is 5.69 Å². The van der Waals surface area contributed by atoms with Gasteiger partial charge in [-0.15, -0.1) is 0 Å². The Labute approximate surface area is 113 Å². The summed E-state index contributed by atoms with van der Waals surface area (Å²) in [5, 5.41) is 9.76. The number of H-pyrrole nitrogens is 1. The first kappa shape index (κ1) is 13.9. The van der Waals surface area contributed by atoms with Crippen LogP contribution in [-0.2, 0) is 6.42 Å². The van der Waals surface area contributed by atoms with E-state index in [1.54, 1.807) is 0 Å². The topological polar surface area (TPSA) is 87.0 Å². The maximum absolute atomic E-state index is 12.1. The molecule has 1 amide bonds. The van der Waals surface area contributed by atoms with Gasteiger partial charge in [-0.2, -0.15) is 5.10 Å². The predicted molar refractivity (Wildman–Crippen MR) is 75.0 cm³/mol. The lowest BCUT2D eigenvalue weighted by Gasteiger charge is -2.47. The van der Waals surface area contributed by atoms with Crippen LogP contribution in [0, 0.1) is 0 Å². The van der Waals surface area contributed by atoms with Crippen molar-refractivity contribution >= 4 is 11.6 Å². The lowest BCUT2D eigenvalue weighted by Crippen LogP contribution is -2.57. The lowest BCUT2D eigenvalue weighted by molar-refractivity contribution is 0.0556. The smallest absolute Gasteiger partial charge is 0.274 e. The minimum absolute atomic E-state index is 0.105. The molecule has 1 saturated carbocycles. The number of nitrogen functional groups attached to an aromatic ring is 1. The van der Waals surface area contributed by atoms with E-state index in [-0.39, 0.29) is 11.4 Å². The van der Waals surface area contributed by atoms with Crippen LogP contribution in [0.25, 0.3) is 0 Å². The second kappa shape index (κ2) is 5.21. The molecule has 0 aliphatic heterocycles. The van der Waals surface area contributed by atoms with Crippen LogP contribution in [-0.4, -0.2) is 47.2 Å². The fourth-order valence-electron chi connectivity index (χ4n) is 2.52. The number of likely N-dealkylation sites (N-methyl/N-ethyl adjacent to an activating group) is 1. The summed E-state index contributed by atoms with van der Waals surface area (Å²) in [4.78, 5) is 14.3. The van der Waals surface area contributed by atoms with Gasteiger partial charge in [0.15, 0.2) is 5.69 Å². The first-order chi connectivity index (χ1) is 9.00. The summed E-state index contributed by atoms with van der Waals surface area (Å²) in [7, 11) is 4.12. The molecule has 0 atom stereocenters. The van der Waals surface area contributed by atoms with Gasteiger partial charge in [-0.3, -0.25) is 9.89 Å². The summed E-state index contributed by atoms with van der Waals surface area (Å²) in [6.45, 7) is 2.62. The summed E-state index contributed by atoms with van der Waals surface area (Å²) in [6, 6.07) is 0. The molecule has 1 heterocycles. The van der Waals surface area contributed by atoms with E-state index in [1.807, 2.05) is 6.92 Å². The highest BCUT2D eigenvalue weighted by atomic mass is 16.2. The van der Waals surface area contributed by atoms with Crippen molar-refractivity contribution in [1.82, 2.24) is 20.4 Å². The molecule has 106 valence electrons. The minimum atomic E-state index is -0.193. The van der Waals surface area contributed by atoms with Crippen LogP contribution in [0.5, 0.6) is 0 Å². The molecule has 1 fully saturated rings. The summed E-state index contributed by atoms with van der Waals surface area (Å²) in [5.74, 6) is -0.193. The second-order valence-corrected chi connectivity index (χ2v) is 5.47. The van der Waals surface area contributed by atoms with E-state index >= 15 is 0 Å². The van der Waals surface area contributed by atoms with Crippen LogP contribution >= 0.6 is 0 Å². The number of anilines is 1. The van der Waals surface area contributed by atoms with Gasteiger partial charge in [-0.05, 0) is 39.8 Å². The predicted octanol–water partition coefficient (Wildman–Crippen LogP) is 0.768. The number of carbonyl (C=O) groups is 1. The molecule has 0 saturated heterocycles. The van der Waals surface area contributed by atoms with Crippen molar-refractivity contribution in [3.63, 3.8) is 0 Å². The molecule has 1 aromatic heterocycles. The number of nitrogens with zero attached hydrogens (tertiary/aromatic N) is 2. The van der Waals surface area contributed by atoms with Crippen LogP contribution in [0.3, 0.4) is 0 Å². The van der Waals surface area contributed by atoms with Crippen molar-refractivity contribution in [2.75, 3.05) is 26.4 Å². The van der Waals surface area contributed by atoms with Crippen molar-refractivity contribution in [1.29, 1.82) is 0 Å². The fraction of sp³-hybridized carbons (Fsp3) is 0.692. The van der Waals surface area contributed by atoms with Gasteiger partial charge >= 0.3 is 0 Å². The van der Waals surface area contributed by atoms with Crippen LogP contribution in [0.2, 0.25) is 0 Å². The maximum atomic E-state index is 12.1. The molecular weight excluding hydrogens is 242 g/mol. The molecule has 6 nitrogen and oxygen atoms in total. The van der Waals surface area contributed by atoms with E-state index in [1.165, 1.54) is 6.42 Å². The van der Waals surface area contributed by atoms with Gasteiger partial charge in [0.05, 0.1) is 11.4 Å². The highest BCUT2D eigenvalue weighted by Crippen LogP contribution is 2.35. The number of hydrogen-bond acceptors (Lipinski definition) is 4. The van der Waals surface area contributed by atoms with E-state index in [4.69, 9.17) is 5.73 Å². The van der Waals surface area contributed by atoms with E-state index in [2.05, 4.69) is 34.5 Å². The Bertz CT molecular complexity index is 462. The van der Waals surface area contributed by atoms with Crippen LogP contribution in [0.15, 0.2) is 0 Å². The number of nitrogens with two attached hydrogens (primary N) is 1. The largest absolute Gasteiger partial charge is 0.395 e. The quantitative estimate of drug-likeness (QED) is 0.734. The molecule has 19 heavy (non-hydrogen) atoms. The number of rotatable bonds is 5. The van der Waals surface area contributed by atoms with Crippen molar-refractivity contribution in [2.45, 2.75) is 38.1 Å². The average Bonchev–Trinajstić information content (AvgIpc) is 2.68. The van der Waals surface area contributed by atoms with Crippen molar-refractivity contribution in [2.24, 2.45) is 0 Å². The number of aromatic nitrogens is 2. The van der Waals surface area contributed by atoms with Crippen LogP contribution in [0.1, 0.15) is 42.4 Å². The average molecular weight is 265 g/mol. The molecule has 1 aliphatic rings. The number of aromatic amines is 1. The van der Waals surface area contributed by atoms with Gasteiger partial charge in [-0.25, -0.2) is 0 Å². The zero-order valence-electron chi connectivity index (χ0n) is 11.9. The zero-order valence-corrected chi connectivity index (χ0v) is 11.9. The monoisotopic (exact) mass is 265 g/mol. The molecule has 1 aliphatic carbocycles. The van der Waals surface area contributed by atoms with Gasteiger partial charge in [-0.1, -0.05) is 6.92 Å². The molecule has 0 radical (unpaired) electrons. The van der Waals surface area contributed by atoms with Crippen molar-refractivity contribution < 1.29 is 4.79 Å². The maximum Gasteiger partial charge on any atom is 0.274 e. The number of amides is 1. The van der Waals surface area contributed by atoms with Gasteiger partial charge < -0.3 is 16.0 Å². The molecule has 0 spiro atoms. The molecule has 0 unspecified atom stereocenters. The van der Waals surface area contributed by atoms with Gasteiger partial charge in [0.25, 0.3) is 5.91 Å². The Morgan fingerprint density at radius 1 is 1.53 bits per heavy atom. The standard InChI is InChI=1S/C13H23N5O/c1-4-9-10(14)11(17-16-9)12(19)15-8-13(18(2)3)6-5-7-13/h4-8,14H2,1-3H3,(H,15,19)(H,16,17). The molecule has 2 rings (SSSR count). The highest BCUT2D eigenvalue weighted by molar-refractivity contribution is 5.97. The fourth-order valence-corrected chi connectivity index (χ4v) is 2.52.